The molecule has 0 bridgehead atoms. The Morgan fingerprint density at radius 1 is 1.26 bits per heavy atom. The fraction of sp³-hybridized carbons (Fsp3) is 0.267. The second-order valence-corrected chi connectivity index (χ2v) is 6.14. The van der Waals surface area contributed by atoms with Crippen LogP contribution in [0.15, 0.2) is 35.8 Å². The molecule has 1 saturated carbocycles. The number of rotatable bonds is 2. The predicted molar refractivity (Wildman–Crippen MR) is 79.4 cm³/mol. The molecular weight excluding hydrogens is 254 g/mol. The maximum atomic E-state index is 5.85. The van der Waals surface area contributed by atoms with E-state index in [9.17, 15) is 0 Å². The molecule has 2 heterocycles. The molecule has 4 rings (SSSR count). The zero-order valence-corrected chi connectivity index (χ0v) is 11.3. The molecule has 0 spiro atoms. The van der Waals surface area contributed by atoms with Crippen molar-refractivity contribution in [1.29, 1.82) is 0 Å². The molecule has 0 amide bonds. The Balaban J connectivity index is 1.72. The summed E-state index contributed by atoms with van der Waals surface area (Å²) in [6.45, 7) is 0. The summed E-state index contributed by atoms with van der Waals surface area (Å²) in [5.74, 6) is 0.582. The molecule has 1 aliphatic rings. The molecule has 3 aromatic rings. The highest BCUT2D eigenvalue weighted by atomic mass is 32.1. The lowest BCUT2D eigenvalue weighted by atomic mass is 9.81. The van der Waals surface area contributed by atoms with Crippen LogP contribution in [0.4, 0.5) is 0 Å². The number of nitrogens with two attached hydrogens (primary N) is 1. The molecule has 0 unspecified atom stereocenters. The molecule has 3 nitrogen and oxygen atoms in total. The van der Waals surface area contributed by atoms with Gasteiger partial charge in [-0.05, 0) is 18.9 Å². The van der Waals surface area contributed by atoms with E-state index in [1.807, 2.05) is 6.07 Å². The lowest BCUT2D eigenvalue weighted by molar-refractivity contribution is 0.351. The van der Waals surface area contributed by atoms with Gasteiger partial charge in [0.25, 0.3) is 0 Å². The smallest absolute Gasteiger partial charge is 0.0964 e. The van der Waals surface area contributed by atoms with Gasteiger partial charge >= 0.3 is 0 Å². The summed E-state index contributed by atoms with van der Waals surface area (Å²) < 4.78 is 0. The van der Waals surface area contributed by atoms with E-state index in [-0.39, 0.29) is 0 Å². The van der Waals surface area contributed by atoms with Gasteiger partial charge in [0.15, 0.2) is 0 Å². The van der Waals surface area contributed by atoms with Gasteiger partial charge in [0, 0.05) is 40.0 Å². The quantitative estimate of drug-likeness (QED) is 0.748. The van der Waals surface area contributed by atoms with Crippen LogP contribution in [-0.4, -0.2) is 16.0 Å². The molecule has 96 valence electrons. The van der Waals surface area contributed by atoms with Crippen molar-refractivity contribution < 1.29 is 0 Å². The van der Waals surface area contributed by atoms with E-state index in [0.717, 1.165) is 24.1 Å². The number of benzene rings is 1. The zero-order chi connectivity index (χ0) is 12.8. The molecule has 0 atom stereocenters. The average molecular weight is 269 g/mol. The molecule has 0 saturated heterocycles. The summed E-state index contributed by atoms with van der Waals surface area (Å²) >= 11 is 1.76. The number of thiazole rings is 1. The number of aromatic amines is 1. The van der Waals surface area contributed by atoms with E-state index in [2.05, 4.69) is 34.8 Å². The Labute approximate surface area is 115 Å². The van der Waals surface area contributed by atoms with Gasteiger partial charge in [-0.3, -0.25) is 0 Å². The van der Waals surface area contributed by atoms with Crippen molar-refractivity contribution in [2.45, 2.75) is 24.8 Å². The molecule has 1 aliphatic carbocycles. The van der Waals surface area contributed by atoms with E-state index < -0.39 is 0 Å². The lowest BCUT2D eigenvalue weighted by Gasteiger charge is -2.30. The predicted octanol–water partition coefficient (Wildman–Crippen LogP) is 3.50. The summed E-state index contributed by atoms with van der Waals surface area (Å²) in [4.78, 5) is 8.11. The van der Waals surface area contributed by atoms with E-state index in [1.54, 1.807) is 11.3 Å². The highest BCUT2D eigenvalue weighted by Gasteiger charge is 2.29. The second-order valence-electron chi connectivity index (χ2n) is 5.25. The number of H-pyrrole nitrogens is 1. The number of hydrogen-bond donors (Lipinski definition) is 2. The van der Waals surface area contributed by atoms with Crippen molar-refractivity contribution in [3.63, 3.8) is 0 Å². The molecule has 0 radical (unpaired) electrons. The van der Waals surface area contributed by atoms with E-state index in [1.165, 1.54) is 16.0 Å². The van der Waals surface area contributed by atoms with Crippen LogP contribution in [0.1, 0.15) is 23.8 Å². The fourth-order valence-corrected chi connectivity index (χ4v) is 3.69. The topological polar surface area (TPSA) is 54.7 Å². The minimum absolute atomic E-state index is 0.380. The van der Waals surface area contributed by atoms with Gasteiger partial charge in [-0.2, -0.15) is 0 Å². The normalized spacial score (nSPS) is 22.6. The Morgan fingerprint density at radius 2 is 2.11 bits per heavy atom. The minimum atomic E-state index is 0.380. The largest absolute Gasteiger partial charge is 0.360 e. The Hall–Kier alpha value is -1.65. The summed E-state index contributed by atoms with van der Waals surface area (Å²) in [6, 6.07) is 8.73. The molecule has 1 aromatic carbocycles. The molecule has 19 heavy (non-hydrogen) atoms. The van der Waals surface area contributed by atoms with E-state index >= 15 is 0 Å². The Kier molecular flexibility index (Phi) is 2.47. The van der Waals surface area contributed by atoms with Crippen molar-refractivity contribution >= 4 is 22.2 Å². The summed E-state index contributed by atoms with van der Waals surface area (Å²) in [5, 5.41) is 4.64. The first kappa shape index (κ1) is 11.2. The van der Waals surface area contributed by atoms with Crippen LogP contribution in [-0.2, 0) is 0 Å². The SMILES string of the molecule is NC1CC(c2nc(-c3c[nH]c4ccccc34)cs2)C1. The van der Waals surface area contributed by atoms with Crippen molar-refractivity contribution in [3.8, 4) is 11.3 Å². The monoisotopic (exact) mass is 269 g/mol. The highest BCUT2D eigenvalue weighted by Crippen LogP contribution is 2.39. The zero-order valence-electron chi connectivity index (χ0n) is 10.5. The number of hydrogen-bond acceptors (Lipinski definition) is 3. The Morgan fingerprint density at radius 3 is 2.95 bits per heavy atom. The van der Waals surface area contributed by atoms with Crippen LogP contribution in [0.2, 0.25) is 0 Å². The van der Waals surface area contributed by atoms with Crippen LogP contribution in [0.25, 0.3) is 22.2 Å². The van der Waals surface area contributed by atoms with Crippen LogP contribution < -0.4 is 5.73 Å². The van der Waals surface area contributed by atoms with Crippen LogP contribution >= 0.6 is 11.3 Å². The van der Waals surface area contributed by atoms with Gasteiger partial charge in [0.05, 0.1) is 10.7 Å². The molecule has 1 fully saturated rings. The van der Waals surface area contributed by atoms with Gasteiger partial charge in [-0.15, -0.1) is 11.3 Å². The maximum Gasteiger partial charge on any atom is 0.0964 e. The van der Waals surface area contributed by atoms with E-state index in [4.69, 9.17) is 10.7 Å². The maximum absolute atomic E-state index is 5.85. The van der Waals surface area contributed by atoms with Crippen LogP contribution in [0.3, 0.4) is 0 Å². The van der Waals surface area contributed by atoms with Crippen molar-refractivity contribution in [2.75, 3.05) is 0 Å². The molecule has 3 N–H and O–H groups in total. The van der Waals surface area contributed by atoms with E-state index in [0.29, 0.717) is 12.0 Å². The van der Waals surface area contributed by atoms with Gasteiger partial charge in [-0.25, -0.2) is 4.98 Å². The highest BCUT2D eigenvalue weighted by molar-refractivity contribution is 7.10. The summed E-state index contributed by atoms with van der Waals surface area (Å²) in [7, 11) is 0. The van der Waals surface area contributed by atoms with Gasteiger partial charge in [0.2, 0.25) is 0 Å². The first-order valence-corrected chi connectivity index (χ1v) is 7.47. The second kappa shape index (κ2) is 4.18. The molecule has 0 aliphatic heterocycles. The Bertz CT molecular complexity index is 722. The number of fused-ring (bicyclic) bond motifs is 1. The van der Waals surface area contributed by atoms with Gasteiger partial charge < -0.3 is 10.7 Å². The summed E-state index contributed by atoms with van der Waals surface area (Å²) in [5.41, 5.74) is 9.30. The summed E-state index contributed by atoms with van der Waals surface area (Å²) in [6.07, 6.45) is 4.22. The number of para-hydroxylation sites is 1. The first-order chi connectivity index (χ1) is 9.31. The fourth-order valence-electron chi connectivity index (χ4n) is 2.75. The van der Waals surface area contributed by atoms with Crippen molar-refractivity contribution in [2.24, 2.45) is 5.73 Å². The number of nitrogens with one attached hydrogen (secondary N) is 1. The molecular formula is C15H15N3S. The lowest BCUT2D eigenvalue weighted by Crippen LogP contribution is -2.34. The third kappa shape index (κ3) is 1.79. The number of nitrogens with zero attached hydrogens (tertiary/aromatic N) is 1. The van der Waals surface area contributed by atoms with Crippen LogP contribution in [0.5, 0.6) is 0 Å². The third-order valence-corrected chi connectivity index (χ3v) is 4.92. The minimum Gasteiger partial charge on any atom is -0.360 e. The molecule has 2 aromatic heterocycles. The van der Waals surface area contributed by atoms with Crippen molar-refractivity contribution in [3.05, 3.63) is 40.8 Å². The third-order valence-electron chi connectivity index (χ3n) is 3.91. The van der Waals surface area contributed by atoms with Gasteiger partial charge in [0.1, 0.15) is 0 Å². The standard InChI is InChI=1S/C15H15N3S/c16-10-5-9(6-10)15-18-14(8-19-15)12-7-17-13-4-2-1-3-11(12)13/h1-4,7-10,17H,5-6,16H2. The molecule has 4 heteroatoms. The first-order valence-electron chi connectivity index (χ1n) is 6.59. The van der Waals surface area contributed by atoms with Gasteiger partial charge in [-0.1, -0.05) is 18.2 Å². The van der Waals surface area contributed by atoms with Crippen molar-refractivity contribution in [1.82, 2.24) is 9.97 Å². The van der Waals surface area contributed by atoms with Crippen LogP contribution in [0, 0.1) is 0 Å². The number of aromatic nitrogens is 2. The average Bonchev–Trinajstić information content (AvgIpc) is 3.01.